The van der Waals surface area contributed by atoms with Gasteiger partial charge in [-0.1, -0.05) is 24.6 Å². The van der Waals surface area contributed by atoms with Gasteiger partial charge in [0.05, 0.1) is 10.7 Å². The van der Waals surface area contributed by atoms with Crippen molar-refractivity contribution in [2.75, 3.05) is 0 Å². The predicted molar refractivity (Wildman–Crippen MR) is 86.2 cm³/mol. The third-order valence-electron chi connectivity index (χ3n) is 3.57. The molecule has 5 heteroatoms. The maximum atomic E-state index is 6.21. The molecule has 4 nitrogen and oxygen atoms in total. The molecule has 0 aliphatic rings. The molecule has 0 saturated heterocycles. The molecule has 2 N–H and O–H groups in total. The summed E-state index contributed by atoms with van der Waals surface area (Å²) < 4.78 is 7.77. The summed E-state index contributed by atoms with van der Waals surface area (Å²) in [6.45, 7) is 6.06. The molecule has 0 amide bonds. The van der Waals surface area contributed by atoms with Crippen molar-refractivity contribution in [3.05, 3.63) is 40.0 Å². The summed E-state index contributed by atoms with van der Waals surface area (Å²) in [4.78, 5) is 0. The van der Waals surface area contributed by atoms with Gasteiger partial charge in [-0.15, -0.1) is 0 Å². The molecule has 2 aromatic rings. The highest BCUT2D eigenvalue weighted by Gasteiger charge is 2.18. The fraction of sp³-hybridized carbons (Fsp3) is 0.438. The van der Waals surface area contributed by atoms with Gasteiger partial charge >= 0.3 is 0 Å². The molecule has 1 aromatic heterocycles. The Morgan fingerprint density at radius 2 is 2.10 bits per heavy atom. The number of halogens is 1. The predicted octanol–water partition coefficient (Wildman–Crippen LogP) is 3.76. The molecule has 21 heavy (non-hydrogen) atoms. The maximum absolute atomic E-state index is 6.21. The van der Waals surface area contributed by atoms with E-state index in [1.54, 1.807) is 4.68 Å². The van der Waals surface area contributed by atoms with Gasteiger partial charge in [-0.2, -0.15) is 5.10 Å². The van der Waals surface area contributed by atoms with Gasteiger partial charge in [-0.3, -0.25) is 0 Å². The number of aromatic nitrogens is 2. The van der Waals surface area contributed by atoms with Crippen LogP contribution in [0.5, 0.6) is 11.6 Å². The smallest absolute Gasteiger partial charge is 0.221 e. The van der Waals surface area contributed by atoms with Gasteiger partial charge in [0.2, 0.25) is 5.88 Å². The standard InChI is InChI=1S/C16H22ClN3O/c1-5-12(18)9-13-11(3)19-20(4)16(13)21-15-8-10(2)6-7-14(15)17/h6-8,12H,5,9,18H2,1-4H3. The monoisotopic (exact) mass is 307 g/mol. The van der Waals surface area contributed by atoms with Crippen LogP contribution in [0.1, 0.15) is 30.2 Å². The van der Waals surface area contributed by atoms with Crippen molar-refractivity contribution in [1.82, 2.24) is 9.78 Å². The van der Waals surface area contributed by atoms with Crippen molar-refractivity contribution in [3.8, 4) is 11.6 Å². The number of aryl methyl sites for hydroxylation is 3. The molecule has 1 heterocycles. The Balaban J connectivity index is 2.37. The topological polar surface area (TPSA) is 53.1 Å². The van der Waals surface area contributed by atoms with Crippen LogP contribution in [0, 0.1) is 13.8 Å². The first-order chi connectivity index (χ1) is 9.92. The summed E-state index contributed by atoms with van der Waals surface area (Å²) in [6.07, 6.45) is 1.66. The van der Waals surface area contributed by atoms with Crippen LogP contribution >= 0.6 is 11.6 Å². The highest BCUT2D eigenvalue weighted by molar-refractivity contribution is 6.32. The second-order valence-corrected chi connectivity index (χ2v) is 5.81. The van der Waals surface area contributed by atoms with Gasteiger partial charge in [-0.05, 0) is 44.4 Å². The van der Waals surface area contributed by atoms with E-state index in [-0.39, 0.29) is 6.04 Å². The average molecular weight is 308 g/mol. The summed E-state index contributed by atoms with van der Waals surface area (Å²) in [6, 6.07) is 5.82. The molecule has 2 rings (SSSR count). The molecular formula is C16H22ClN3O. The largest absolute Gasteiger partial charge is 0.437 e. The van der Waals surface area contributed by atoms with Gasteiger partial charge < -0.3 is 10.5 Å². The van der Waals surface area contributed by atoms with E-state index in [1.165, 1.54) is 0 Å². The molecule has 0 spiro atoms. The maximum Gasteiger partial charge on any atom is 0.221 e. The van der Waals surface area contributed by atoms with Gasteiger partial charge in [0, 0.05) is 18.7 Å². The van der Waals surface area contributed by atoms with Crippen molar-refractivity contribution in [3.63, 3.8) is 0 Å². The van der Waals surface area contributed by atoms with Crippen molar-refractivity contribution >= 4 is 11.6 Å². The van der Waals surface area contributed by atoms with Crippen LogP contribution in [0.4, 0.5) is 0 Å². The Morgan fingerprint density at radius 3 is 2.76 bits per heavy atom. The molecule has 114 valence electrons. The zero-order chi connectivity index (χ0) is 15.6. The van der Waals surface area contributed by atoms with E-state index in [4.69, 9.17) is 22.1 Å². The normalized spacial score (nSPS) is 12.5. The number of hydrogen-bond donors (Lipinski definition) is 1. The summed E-state index contributed by atoms with van der Waals surface area (Å²) in [5, 5.41) is 5.03. The van der Waals surface area contributed by atoms with Gasteiger partial charge in [-0.25, -0.2) is 4.68 Å². The van der Waals surface area contributed by atoms with E-state index >= 15 is 0 Å². The van der Waals surface area contributed by atoms with Crippen molar-refractivity contribution in [1.29, 1.82) is 0 Å². The lowest BCUT2D eigenvalue weighted by Gasteiger charge is -2.13. The highest BCUT2D eigenvalue weighted by atomic mass is 35.5. The lowest BCUT2D eigenvalue weighted by molar-refractivity contribution is 0.423. The Kier molecular flexibility index (Phi) is 4.91. The molecule has 0 aliphatic heterocycles. The van der Waals surface area contributed by atoms with Gasteiger partial charge in [0.25, 0.3) is 0 Å². The number of rotatable bonds is 5. The number of hydrogen-bond acceptors (Lipinski definition) is 3. The fourth-order valence-corrected chi connectivity index (χ4v) is 2.40. The summed E-state index contributed by atoms with van der Waals surface area (Å²) >= 11 is 6.21. The van der Waals surface area contributed by atoms with Crippen LogP contribution in [-0.4, -0.2) is 15.8 Å². The number of benzene rings is 1. The van der Waals surface area contributed by atoms with Crippen LogP contribution < -0.4 is 10.5 Å². The lowest BCUT2D eigenvalue weighted by atomic mass is 10.1. The lowest BCUT2D eigenvalue weighted by Crippen LogP contribution is -2.21. The molecule has 0 saturated carbocycles. The molecular weight excluding hydrogens is 286 g/mol. The van der Waals surface area contributed by atoms with Crippen LogP contribution in [0.25, 0.3) is 0 Å². The SMILES string of the molecule is CCC(N)Cc1c(C)nn(C)c1Oc1cc(C)ccc1Cl. The van der Waals surface area contributed by atoms with E-state index in [0.717, 1.165) is 29.7 Å². The summed E-state index contributed by atoms with van der Waals surface area (Å²) in [7, 11) is 1.87. The minimum Gasteiger partial charge on any atom is -0.437 e. The third kappa shape index (κ3) is 3.57. The minimum absolute atomic E-state index is 0.100. The van der Waals surface area contributed by atoms with Crippen LogP contribution in [0.15, 0.2) is 18.2 Å². The van der Waals surface area contributed by atoms with Gasteiger partial charge in [0.1, 0.15) is 5.75 Å². The van der Waals surface area contributed by atoms with E-state index in [2.05, 4.69) is 12.0 Å². The molecule has 1 aromatic carbocycles. The summed E-state index contributed by atoms with van der Waals surface area (Å²) in [5.74, 6) is 1.36. The summed E-state index contributed by atoms with van der Waals surface area (Å²) in [5.41, 5.74) is 9.17. The number of nitrogens with zero attached hydrogens (tertiary/aromatic N) is 2. The van der Waals surface area contributed by atoms with Crippen molar-refractivity contribution in [2.45, 2.75) is 39.7 Å². The quantitative estimate of drug-likeness (QED) is 0.915. The van der Waals surface area contributed by atoms with E-state index in [1.807, 2.05) is 39.1 Å². The minimum atomic E-state index is 0.100. The second kappa shape index (κ2) is 6.50. The second-order valence-electron chi connectivity index (χ2n) is 5.40. The van der Waals surface area contributed by atoms with Crippen molar-refractivity contribution < 1.29 is 4.74 Å². The zero-order valence-corrected chi connectivity index (χ0v) is 13.7. The van der Waals surface area contributed by atoms with Gasteiger partial charge in [0.15, 0.2) is 0 Å². The first kappa shape index (κ1) is 15.9. The Bertz CT molecular complexity index is 637. The first-order valence-corrected chi connectivity index (χ1v) is 7.52. The molecule has 1 atom stereocenters. The fourth-order valence-electron chi connectivity index (χ4n) is 2.24. The molecule has 0 fully saturated rings. The molecule has 0 aliphatic carbocycles. The Hall–Kier alpha value is -1.52. The zero-order valence-electron chi connectivity index (χ0n) is 13.0. The van der Waals surface area contributed by atoms with Crippen LogP contribution in [-0.2, 0) is 13.5 Å². The molecule has 0 radical (unpaired) electrons. The molecule has 0 bridgehead atoms. The van der Waals surface area contributed by atoms with E-state index in [9.17, 15) is 0 Å². The van der Waals surface area contributed by atoms with Crippen LogP contribution in [0.3, 0.4) is 0 Å². The van der Waals surface area contributed by atoms with E-state index in [0.29, 0.717) is 16.7 Å². The van der Waals surface area contributed by atoms with Crippen LogP contribution in [0.2, 0.25) is 5.02 Å². The Morgan fingerprint density at radius 1 is 1.38 bits per heavy atom. The Labute approximate surface area is 130 Å². The van der Waals surface area contributed by atoms with Crippen molar-refractivity contribution in [2.24, 2.45) is 12.8 Å². The van der Waals surface area contributed by atoms with E-state index < -0.39 is 0 Å². The number of nitrogens with two attached hydrogens (primary N) is 1. The first-order valence-electron chi connectivity index (χ1n) is 7.14. The highest BCUT2D eigenvalue weighted by Crippen LogP contribution is 2.33. The average Bonchev–Trinajstić information content (AvgIpc) is 2.69. The third-order valence-corrected chi connectivity index (χ3v) is 3.89. The molecule has 1 unspecified atom stereocenters. The number of ether oxygens (including phenoxy) is 1.